The lowest BCUT2D eigenvalue weighted by Gasteiger charge is -2.41. The third-order valence-electron chi connectivity index (χ3n) is 6.41. The second-order valence-corrected chi connectivity index (χ2v) is 9.22. The zero-order valence-electron chi connectivity index (χ0n) is 16.6. The summed E-state index contributed by atoms with van der Waals surface area (Å²) in [5, 5.41) is 0. The van der Waals surface area contributed by atoms with E-state index in [1.807, 2.05) is 27.7 Å². The maximum atomic E-state index is 12.6. The van der Waals surface area contributed by atoms with Crippen LogP contribution >= 0.6 is 0 Å². The molecular formula is C20H32O6. The van der Waals surface area contributed by atoms with Crippen LogP contribution in [-0.2, 0) is 28.5 Å². The molecule has 26 heavy (non-hydrogen) atoms. The van der Waals surface area contributed by atoms with Gasteiger partial charge < -0.3 is 23.7 Å². The molecule has 0 aromatic heterocycles. The average Bonchev–Trinajstić information content (AvgIpc) is 3.21. The van der Waals surface area contributed by atoms with E-state index < -0.39 is 17.9 Å². The summed E-state index contributed by atoms with van der Waals surface area (Å²) in [5.41, 5.74) is -0.390. The van der Waals surface area contributed by atoms with E-state index in [2.05, 4.69) is 6.92 Å². The van der Waals surface area contributed by atoms with E-state index in [-0.39, 0.29) is 29.6 Å². The predicted octanol–water partition coefficient (Wildman–Crippen LogP) is 3.17. The molecule has 0 bridgehead atoms. The molecule has 148 valence electrons. The Hall–Kier alpha value is -0.530. The van der Waals surface area contributed by atoms with E-state index in [9.17, 15) is 4.79 Å². The first-order chi connectivity index (χ1) is 12.2. The van der Waals surface area contributed by atoms with Gasteiger partial charge in [-0.15, -0.1) is 0 Å². The number of hydrogen-bond acceptors (Lipinski definition) is 6. The molecule has 3 heterocycles. The van der Waals surface area contributed by atoms with Gasteiger partial charge in [0.05, 0.1) is 12.7 Å². The number of hydrogen-bond donors (Lipinski definition) is 0. The van der Waals surface area contributed by atoms with Crippen LogP contribution in [0, 0.1) is 11.3 Å². The fourth-order valence-corrected chi connectivity index (χ4v) is 5.43. The van der Waals surface area contributed by atoms with Crippen LogP contribution in [0.1, 0.15) is 66.7 Å². The van der Waals surface area contributed by atoms with Crippen molar-refractivity contribution in [2.24, 2.45) is 11.3 Å². The Bertz CT molecular complexity index is 573. The highest BCUT2D eigenvalue weighted by atomic mass is 16.8. The van der Waals surface area contributed by atoms with Gasteiger partial charge in [-0.2, -0.15) is 0 Å². The van der Waals surface area contributed by atoms with Gasteiger partial charge in [-0.3, -0.25) is 4.79 Å². The molecule has 1 aliphatic carbocycles. The molecule has 0 N–H and O–H groups in total. The number of ketones is 1. The number of unbranched alkanes of at least 4 members (excludes halogenated alkanes) is 1. The van der Waals surface area contributed by atoms with Crippen molar-refractivity contribution in [3.8, 4) is 0 Å². The Morgan fingerprint density at radius 2 is 1.81 bits per heavy atom. The summed E-state index contributed by atoms with van der Waals surface area (Å²) in [6.45, 7) is 10.3. The summed E-state index contributed by atoms with van der Waals surface area (Å²) in [6, 6.07) is 0. The fraction of sp³-hybridized carbons (Fsp3) is 0.950. The van der Waals surface area contributed by atoms with E-state index in [1.165, 1.54) is 0 Å². The second-order valence-electron chi connectivity index (χ2n) is 9.22. The SMILES string of the molecule is CCCC[C@H]1CC(=O)C[C@]12[C@@H]([C@H]1COC(C)(C)O1)O[C@@H]1OC(C)(C)O[C@@H]12. The van der Waals surface area contributed by atoms with Crippen LogP contribution in [0.25, 0.3) is 0 Å². The molecular weight excluding hydrogens is 336 g/mol. The van der Waals surface area contributed by atoms with Crippen molar-refractivity contribution in [2.75, 3.05) is 6.61 Å². The van der Waals surface area contributed by atoms with Gasteiger partial charge in [-0.1, -0.05) is 19.8 Å². The molecule has 3 saturated heterocycles. The highest BCUT2D eigenvalue weighted by molar-refractivity contribution is 5.82. The first kappa shape index (κ1) is 18.8. The Balaban J connectivity index is 1.69. The largest absolute Gasteiger partial charge is 0.348 e. The normalized spacial score (nSPS) is 46.3. The van der Waals surface area contributed by atoms with Crippen molar-refractivity contribution in [3.05, 3.63) is 0 Å². The van der Waals surface area contributed by atoms with Gasteiger partial charge >= 0.3 is 0 Å². The smallest absolute Gasteiger partial charge is 0.188 e. The number of Topliss-reactive ketones (excluding diaryl/α,β-unsaturated/α-hetero) is 1. The summed E-state index contributed by atoms with van der Waals surface area (Å²) in [5.74, 6) is -0.790. The van der Waals surface area contributed by atoms with Crippen molar-refractivity contribution in [2.45, 2.75) is 103 Å². The second kappa shape index (κ2) is 6.24. The molecule has 0 unspecified atom stereocenters. The standard InChI is InChI=1S/C20H32O6/c1-6-7-8-12-9-13(21)10-20(12)15(14-11-22-18(2,3)24-14)23-17-16(20)25-19(4,5)26-17/h12,14-17H,6-11H2,1-5H3/t12-,14+,15+,16-,17+,20+/m0/s1. The van der Waals surface area contributed by atoms with Crippen LogP contribution in [0.4, 0.5) is 0 Å². The zero-order valence-corrected chi connectivity index (χ0v) is 16.6. The van der Waals surface area contributed by atoms with Crippen molar-refractivity contribution in [1.29, 1.82) is 0 Å². The van der Waals surface area contributed by atoms with Crippen molar-refractivity contribution < 1.29 is 28.5 Å². The average molecular weight is 368 g/mol. The van der Waals surface area contributed by atoms with Gasteiger partial charge in [-0.25, -0.2) is 0 Å². The van der Waals surface area contributed by atoms with Crippen molar-refractivity contribution in [3.63, 3.8) is 0 Å². The zero-order chi connectivity index (χ0) is 18.7. The molecule has 0 aromatic rings. The maximum absolute atomic E-state index is 12.6. The Labute approximate surface area is 155 Å². The third-order valence-corrected chi connectivity index (χ3v) is 6.41. The lowest BCUT2D eigenvalue weighted by molar-refractivity contribution is -0.241. The lowest BCUT2D eigenvalue weighted by Crippen LogP contribution is -2.50. The molecule has 4 rings (SSSR count). The monoisotopic (exact) mass is 368 g/mol. The molecule has 0 radical (unpaired) electrons. The van der Waals surface area contributed by atoms with Crippen LogP contribution < -0.4 is 0 Å². The summed E-state index contributed by atoms with van der Waals surface area (Å²) in [7, 11) is 0. The van der Waals surface area contributed by atoms with E-state index in [1.54, 1.807) is 0 Å². The van der Waals surface area contributed by atoms with Crippen LogP contribution in [0.5, 0.6) is 0 Å². The first-order valence-corrected chi connectivity index (χ1v) is 10.0. The molecule has 0 aromatic carbocycles. The number of carbonyl (C=O) groups excluding carboxylic acids is 1. The third kappa shape index (κ3) is 2.94. The Morgan fingerprint density at radius 3 is 2.46 bits per heavy atom. The van der Waals surface area contributed by atoms with E-state index in [4.69, 9.17) is 23.7 Å². The molecule has 6 atom stereocenters. The molecule has 6 nitrogen and oxygen atoms in total. The van der Waals surface area contributed by atoms with Crippen LogP contribution in [0.2, 0.25) is 0 Å². The predicted molar refractivity (Wildman–Crippen MR) is 93.3 cm³/mol. The maximum Gasteiger partial charge on any atom is 0.188 e. The molecule has 4 fully saturated rings. The van der Waals surface area contributed by atoms with E-state index in [0.717, 1.165) is 19.3 Å². The number of carbonyl (C=O) groups is 1. The van der Waals surface area contributed by atoms with Gasteiger partial charge in [0.1, 0.15) is 18.0 Å². The number of fused-ring (bicyclic) bond motifs is 2. The minimum absolute atomic E-state index is 0.207. The van der Waals surface area contributed by atoms with Gasteiger partial charge in [0.15, 0.2) is 17.9 Å². The van der Waals surface area contributed by atoms with Crippen LogP contribution in [0.15, 0.2) is 0 Å². The van der Waals surface area contributed by atoms with Gasteiger partial charge in [0.25, 0.3) is 0 Å². The minimum atomic E-state index is -0.694. The van der Waals surface area contributed by atoms with Gasteiger partial charge in [0, 0.05) is 18.3 Å². The first-order valence-electron chi connectivity index (χ1n) is 10.0. The summed E-state index contributed by atoms with van der Waals surface area (Å²) in [6.07, 6.45) is 3.16. The minimum Gasteiger partial charge on any atom is -0.348 e. The summed E-state index contributed by atoms with van der Waals surface area (Å²) < 4.78 is 30.7. The number of ether oxygens (including phenoxy) is 5. The van der Waals surface area contributed by atoms with Gasteiger partial charge in [-0.05, 0) is 40.0 Å². The van der Waals surface area contributed by atoms with Crippen LogP contribution in [-0.4, -0.2) is 48.6 Å². The summed E-state index contributed by atoms with van der Waals surface area (Å²) >= 11 is 0. The number of rotatable bonds is 4. The Kier molecular flexibility index (Phi) is 4.52. The molecule has 4 aliphatic rings. The highest BCUT2D eigenvalue weighted by Gasteiger charge is 2.70. The lowest BCUT2D eigenvalue weighted by atomic mass is 9.67. The Morgan fingerprint density at radius 1 is 1.04 bits per heavy atom. The topological polar surface area (TPSA) is 63.2 Å². The van der Waals surface area contributed by atoms with Crippen LogP contribution in [0.3, 0.4) is 0 Å². The fourth-order valence-electron chi connectivity index (χ4n) is 5.43. The van der Waals surface area contributed by atoms with E-state index >= 15 is 0 Å². The highest BCUT2D eigenvalue weighted by Crippen LogP contribution is 2.60. The van der Waals surface area contributed by atoms with Crippen molar-refractivity contribution >= 4 is 5.78 Å². The molecule has 1 spiro atoms. The molecule has 1 saturated carbocycles. The molecule has 6 heteroatoms. The van der Waals surface area contributed by atoms with E-state index in [0.29, 0.717) is 25.2 Å². The van der Waals surface area contributed by atoms with Gasteiger partial charge in [0.2, 0.25) is 0 Å². The van der Waals surface area contributed by atoms with Crippen molar-refractivity contribution in [1.82, 2.24) is 0 Å². The molecule has 3 aliphatic heterocycles. The quantitative estimate of drug-likeness (QED) is 0.759. The summed E-state index contributed by atoms with van der Waals surface area (Å²) in [4.78, 5) is 12.6. The molecule has 0 amide bonds.